The maximum absolute atomic E-state index is 11.0. The molecule has 0 aliphatic heterocycles. The van der Waals surface area contributed by atoms with Crippen molar-refractivity contribution in [1.82, 2.24) is 0 Å². The van der Waals surface area contributed by atoms with Gasteiger partial charge in [-0.25, -0.2) is 0 Å². The first-order valence-electron chi connectivity index (χ1n) is 5.24. The standard InChI is InChI=1S/C10H16N4O4/c1-18-6-7(5-15)12-8-3-2-4-9(13-11)10(8)14(16)17/h2-4,7,12-13,15H,5-6,11H2,1H3. The number of nitrogens with one attached hydrogen (secondary N) is 2. The number of benzene rings is 1. The zero-order chi connectivity index (χ0) is 13.5. The first-order valence-corrected chi connectivity index (χ1v) is 5.24. The molecule has 100 valence electrons. The number of ether oxygens (including phenoxy) is 1. The van der Waals surface area contributed by atoms with Crippen LogP contribution >= 0.6 is 0 Å². The van der Waals surface area contributed by atoms with E-state index < -0.39 is 11.0 Å². The van der Waals surface area contributed by atoms with Crippen LogP contribution in [0.25, 0.3) is 0 Å². The van der Waals surface area contributed by atoms with Crippen LogP contribution in [0.2, 0.25) is 0 Å². The normalized spacial score (nSPS) is 11.9. The van der Waals surface area contributed by atoms with Crippen molar-refractivity contribution in [3.05, 3.63) is 28.3 Å². The van der Waals surface area contributed by atoms with Gasteiger partial charge in [-0.1, -0.05) is 6.07 Å². The summed E-state index contributed by atoms with van der Waals surface area (Å²) in [6.07, 6.45) is 0. The summed E-state index contributed by atoms with van der Waals surface area (Å²) in [6, 6.07) is 4.22. The predicted octanol–water partition coefficient (Wildman–Crippen LogP) is 0.300. The summed E-state index contributed by atoms with van der Waals surface area (Å²) in [6.45, 7) is 0.0270. The zero-order valence-corrected chi connectivity index (χ0v) is 9.92. The minimum atomic E-state index is -0.543. The predicted molar refractivity (Wildman–Crippen MR) is 67.3 cm³/mol. The van der Waals surface area contributed by atoms with E-state index in [2.05, 4.69) is 10.7 Å². The molecule has 1 atom stereocenters. The lowest BCUT2D eigenvalue weighted by atomic mass is 10.2. The number of nitrogen functional groups attached to an aromatic ring is 1. The van der Waals surface area contributed by atoms with Crippen LogP contribution in [0.1, 0.15) is 0 Å². The molecule has 0 radical (unpaired) electrons. The highest BCUT2D eigenvalue weighted by Gasteiger charge is 2.21. The van der Waals surface area contributed by atoms with E-state index >= 15 is 0 Å². The van der Waals surface area contributed by atoms with Crippen molar-refractivity contribution in [3.63, 3.8) is 0 Å². The molecule has 8 nitrogen and oxygen atoms in total. The van der Waals surface area contributed by atoms with E-state index in [1.54, 1.807) is 6.07 Å². The lowest BCUT2D eigenvalue weighted by Crippen LogP contribution is -2.29. The smallest absolute Gasteiger partial charge is 0.316 e. The average Bonchev–Trinajstić information content (AvgIpc) is 2.37. The van der Waals surface area contributed by atoms with E-state index in [1.165, 1.54) is 19.2 Å². The van der Waals surface area contributed by atoms with Gasteiger partial charge in [-0.3, -0.25) is 16.0 Å². The van der Waals surface area contributed by atoms with Crippen LogP contribution in [0.4, 0.5) is 17.1 Å². The fourth-order valence-electron chi connectivity index (χ4n) is 1.53. The maximum Gasteiger partial charge on any atom is 0.316 e. The van der Waals surface area contributed by atoms with Gasteiger partial charge in [-0.2, -0.15) is 0 Å². The van der Waals surface area contributed by atoms with Crippen LogP contribution in [0, 0.1) is 10.1 Å². The molecule has 0 spiro atoms. The van der Waals surface area contributed by atoms with Crippen molar-refractivity contribution >= 4 is 17.1 Å². The first-order chi connectivity index (χ1) is 8.63. The fraction of sp³-hybridized carbons (Fsp3) is 0.400. The van der Waals surface area contributed by atoms with Gasteiger partial charge in [-0.15, -0.1) is 0 Å². The number of aliphatic hydroxyl groups excluding tert-OH is 1. The molecule has 1 aromatic rings. The number of nitrogens with zero attached hydrogens (tertiary/aromatic N) is 1. The SMILES string of the molecule is COCC(CO)Nc1cccc(NN)c1[N+](=O)[O-]. The second-order valence-electron chi connectivity index (χ2n) is 3.58. The number of hydrogen-bond donors (Lipinski definition) is 4. The Hall–Kier alpha value is -1.90. The third-order valence-electron chi connectivity index (χ3n) is 2.32. The molecule has 0 aliphatic rings. The van der Waals surface area contributed by atoms with Gasteiger partial charge in [0.05, 0.1) is 24.2 Å². The van der Waals surface area contributed by atoms with Crippen LogP contribution in [-0.2, 0) is 4.74 Å². The highest BCUT2D eigenvalue weighted by Crippen LogP contribution is 2.32. The van der Waals surface area contributed by atoms with E-state index in [0.29, 0.717) is 0 Å². The molecule has 0 heterocycles. The van der Waals surface area contributed by atoms with Gasteiger partial charge < -0.3 is 20.6 Å². The van der Waals surface area contributed by atoms with Gasteiger partial charge in [0.25, 0.3) is 0 Å². The summed E-state index contributed by atoms with van der Waals surface area (Å²) in [5.74, 6) is 5.22. The molecule has 18 heavy (non-hydrogen) atoms. The van der Waals surface area contributed by atoms with Crippen LogP contribution in [0.15, 0.2) is 18.2 Å². The number of anilines is 2. The number of nitro benzene ring substituents is 1. The quantitative estimate of drug-likeness (QED) is 0.314. The summed E-state index contributed by atoms with van der Waals surface area (Å²) in [7, 11) is 1.48. The Kier molecular flexibility index (Phi) is 5.31. The Morgan fingerprint density at radius 2 is 2.22 bits per heavy atom. The van der Waals surface area contributed by atoms with Crippen LogP contribution in [0.5, 0.6) is 0 Å². The Bertz CT molecular complexity index is 413. The second-order valence-corrected chi connectivity index (χ2v) is 3.58. The summed E-state index contributed by atoms with van der Waals surface area (Å²) in [5, 5.41) is 23.0. The van der Waals surface area contributed by atoms with Crippen LogP contribution < -0.4 is 16.6 Å². The molecule has 0 aliphatic carbocycles. The lowest BCUT2D eigenvalue weighted by molar-refractivity contribution is -0.383. The monoisotopic (exact) mass is 256 g/mol. The Balaban J connectivity index is 3.03. The molecule has 0 fully saturated rings. The number of hydrogen-bond acceptors (Lipinski definition) is 7. The molecular formula is C10H16N4O4. The number of nitro groups is 1. The van der Waals surface area contributed by atoms with Gasteiger partial charge in [0.15, 0.2) is 0 Å². The third-order valence-corrected chi connectivity index (χ3v) is 2.32. The molecule has 0 saturated heterocycles. The molecule has 0 saturated carbocycles. The summed E-state index contributed by atoms with van der Waals surface area (Å²) < 4.78 is 4.89. The molecule has 0 bridgehead atoms. The number of nitrogens with two attached hydrogens (primary N) is 1. The van der Waals surface area contributed by atoms with Gasteiger partial charge in [0.2, 0.25) is 0 Å². The summed E-state index contributed by atoms with van der Waals surface area (Å²) in [4.78, 5) is 10.5. The largest absolute Gasteiger partial charge is 0.394 e. The van der Waals surface area contributed by atoms with E-state index in [0.717, 1.165) is 0 Å². The average molecular weight is 256 g/mol. The number of para-hydroxylation sites is 1. The van der Waals surface area contributed by atoms with Crippen LogP contribution in [0.3, 0.4) is 0 Å². The number of rotatable bonds is 7. The van der Waals surface area contributed by atoms with Crippen molar-refractivity contribution in [2.75, 3.05) is 31.1 Å². The molecule has 1 rings (SSSR count). The van der Waals surface area contributed by atoms with Crippen molar-refractivity contribution in [2.45, 2.75) is 6.04 Å². The number of hydrazine groups is 1. The molecule has 5 N–H and O–H groups in total. The van der Waals surface area contributed by atoms with Crippen molar-refractivity contribution in [1.29, 1.82) is 0 Å². The van der Waals surface area contributed by atoms with Gasteiger partial charge in [-0.05, 0) is 12.1 Å². The second kappa shape index (κ2) is 6.74. The van der Waals surface area contributed by atoms with E-state index in [4.69, 9.17) is 15.7 Å². The Morgan fingerprint density at radius 3 is 2.72 bits per heavy atom. The molecule has 0 amide bonds. The van der Waals surface area contributed by atoms with Gasteiger partial charge in [0.1, 0.15) is 11.4 Å². The Labute approximate surface area is 104 Å². The Morgan fingerprint density at radius 1 is 1.56 bits per heavy atom. The fourth-order valence-corrected chi connectivity index (χ4v) is 1.53. The minimum Gasteiger partial charge on any atom is -0.394 e. The van der Waals surface area contributed by atoms with E-state index in [9.17, 15) is 10.1 Å². The number of aliphatic hydroxyl groups is 1. The van der Waals surface area contributed by atoms with Crippen molar-refractivity contribution < 1.29 is 14.8 Å². The van der Waals surface area contributed by atoms with Gasteiger partial charge in [0, 0.05) is 7.11 Å². The molecule has 1 unspecified atom stereocenters. The zero-order valence-electron chi connectivity index (χ0n) is 9.92. The summed E-state index contributed by atoms with van der Waals surface area (Å²) >= 11 is 0. The van der Waals surface area contributed by atoms with E-state index in [1.807, 2.05) is 0 Å². The minimum absolute atomic E-state index is 0.172. The lowest BCUT2D eigenvalue weighted by Gasteiger charge is -2.17. The van der Waals surface area contributed by atoms with Crippen LogP contribution in [-0.4, -0.2) is 36.4 Å². The van der Waals surface area contributed by atoms with Crippen molar-refractivity contribution in [3.8, 4) is 0 Å². The highest BCUT2D eigenvalue weighted by atomic mass is 16.6. The van der Waals surface area contributed by atoms with E-state index in [-0.39, 0.29) is 30.3 Å². The molecule has 1 aromatic carbocycles. The molecule has 8 heteroatoms. The summed E-state index contributed by atoms with van der Waals surface area (Å²) in [5.41, 5.74) is 2.56. The van der Waals surface area contributed by atoms with Gasteiger partial charge >= 0.3 is 5.69 Å². The van der Waals surface area contributed by atoms with Crippen molar-refractivity contribution in [2.24, 2.45) is 5.84 Å². The first kappa shape index (κ1) is 14.2. The maximum atomic E-state index is 11.0. The number of methoxy groups -OCH3 is 1. The highest BCUT2D eigenvalue weighted by molar-refractivity contribution is 5.76. The third kappa shape index (κ3) is 3.29. The topological polar surface area (TPSA) is 123 Å². The molecule has 0 aromatic heterocycles. The molecular weight excluding hydrogens is 240 g/mol.